The summed E-state index contributed by atoms with van der Waals surface area (Å²) in [6, 6.07) is 3.39. The van der Waals surface area contributed by atoms with Gasteiger partial charge in [-0.1, -0.05) is 20.8 Å². The van der Waals surface area contributed by atoms with Crippen LogP contribution >= 0.6 is 0 Å². The first kappa shape index (κ1) is 23.3. The topological polar surface area (TPSA) is 18.5 Å². The molecular weight excluding hydrogens is 402 g/mol. The first-order valence-corrected chi connectivity index (χ1v) is 15.2. The van der Waals surface area contributed by atoms with Gasteiger partial charge in [0.15, 0.2) is 0 Å². The van der Waals surface area contributed by atoms with Crippen LogP contribution in [0.3, 0.4) is 0 Å². The minimum Gasteiger partial charge on any atom is -0.311 e. The van der Waals surface area contributed by atoms with Gasteiger partial charge in [-0.15, -0.1) is 0 Å². The van der Waals surface area contributed by atoms with E-state index in [0.29, 0.717) is 0 Å². The molecule has 1 N–H and O–H groups in total. The Bertz CT molecular complexity index is 679. The van der Waals surface area contributed by atoms with Crippen molar-refractivity contribution in [3.63, 3.8) is 0 Å². The molecule has 6 fully saturated rings. The highest BCUT2D eigenvalue weighted by Gasteiger charge is 2.50. The van der Waals surface area contributed by atoms with E-state index in [1.54, 1.807) is 6.42 Å². The van der Waals surface area contributed by atoms with Crippen molar-refractivity contribution in [2.24, 2.45) is 47.3 Å². The molecule has 0 radical (unpaired) electrons. The maximum absolute atomic E-state index is 4.39. The molecular formula is C30H53N3. The Morgan fingerprint density at radius 3 is 2.45 bits per heavy atom. The molecule has 2 bridgehead atoms. The molecule has 0 aromatic rings. The van der Waals surface area contributed by atoms with Gasteiger partial charge in [0.05, 0.1) is 0 Å². The maximum atomic E-state index is 4.39. The zero-order valence-electron chi connectivity index (χ0n) is 22.2. The van der Waals surface area contributed by atoms with Crippen LogP contribution in [0.15, 0.2) is 0 Å². The quantitative estimate of drug-likeness (QED) is 0.593. The highest BCUT2D eigenvalue weighted by Crippen LogP contribution is 2.52. The van der Waals surface area contributed by atoms with Crippen LogP contribution in [0, 0.1) is 47.3 Å². The fourth-order valence-electron chi connectivity index (χ4n) is 10.7. The standard InChI is InChI=1S/C30H53N3/c1-5-33-10-6-7-26-21(11-20(3)14-30(26)33)15-24-8-9-25-23-16-27-22(17-28(25)31-24)12-19(2)13-29(27)32(4)18-23/h19-31H,5-18H2,1-4H3. The number of piperidine rings is 3. The predicted octanol–water partition coefficient (Wildman–Crippen LogP) is 5.65. The van der Waals surface area contributed by atoms with Crippen LogP contribution in [0.2, 0.25) is 0 Å². The third-order valence-electron chi connectivity index (χ3n) is 12.0. The summed E-state index contributed by atoms with van der Waals surface area (Å²) in [7, 11) is 2.46. The largest absolute Gasteiger partial charge is 0.311 e. The number of nitrogens with zero attached hydrogens (tertiary/aromatic N) is 2. The average Bonchev–Trinajstić information content (AvgIpc) is 2.92. The van der Waals surface area contributed by atoms with E-state index in [1.807, 2.05) is 0 Å². The molecule has 3 saturated heterocycles. The number of fused-ring (bicyclic) bond motifs is 4. The van der Waals surface area contributed by atoms with Gasteiger partial charge < -0.3 is 15.1 Å². The second kappa shape index (κ2) is 9.40. The molecule has 3 aliphatic carbocycles. The van der Waals surface area contributed by atoms with E-state index in [2.05, 4.69) is 42.9 Å². The van der Waals surface area contributed by atoms with Gasteiger partial charge in [0.25, 0.3) is 0 Å². The summed E-state index contributed by atoms with van der Waals surface area (Å²) in [4.78, 5) is 5.66. The Hall–Kier alpha value is -0.120. The van der Waals surface area contributed by atoms with E-state index in [-0.39, 0.29) is 0 Å². The van der Waals surface area contributed by atoms with E-state index in [4.69, 9.17) is 0 Å². The van der Waals surface area contributed by atoms with Gasteiger partial charge in [-0.25, -0.2) is 0 Å². The van der Waals surface area contributed by atoms with E-state index in [9.17, 15) is 0 Å². The van der Waals surface area contributed by atoms with Crippen LogP contribution in [0.4, 0.5) is 0 Å². The van der Waals surface area contributed by atoms with Gasteiger partial charge in [0.2, 0.25) is 0 Å². The Morgan fingerprint density at radius 2 is 1.61 bits per heavy atom. The molecule has 3 nitrogen and oxygen atoms in total. The SMILES string of the molecule is CCN1CCCC2C(CC3CCC4C5CC6C(CC(C)CC6N(C)C5)CC4N3)CC(C)CC21. The highest BCUT2D eigenvalue weighted by atomic mass is 15.2. The maximum Gasteiger partial charge on any atom is 0.0129 e. The molecule has 0 amide bonds. The zero-order valence-corrected chi connectivity index (χ0v) is 22.2. The summed E-state index contributed by atoms with van der Waals surface area (Å²) >= 11 is 0. The third kappa shape index (κ3) is 4.35. The monoisotopic (exact) mass is 455 g/mol. The van der Waals surface area contributed by atoms with E-state index < -0.39 is 0 Å². The van der Waals surface area contributed by atoms with E-state index >= 15 is 0 Å². The molecule has 12 unspecified atom stereocenters. The van der Waals surface area contributed by atoms with Gasteiger partial charge in [-0.3, -0.25) is 0 Å². The van der Waals surface area contributed by atoms with Crippen molar-refractivity contribution < 1.29 is 0 Å². The minimum atomic E-state index is 0.798. The Kier molecular flexibility index (Phi) is 6.63. The van der Waals surface area contributed by atoms with Crippen molar-refractivity contribution in [1.29, 1.82) is 0 Å². The molecule has 6 rings (SSSR count). The van der Waals surface area contributed by atoms with Crippen molar-refractivity contribution >= 4 is 0 Å². The van der Waals surface area contributed by atoms with Crippen molar-refractivity contribution in [1.82, 2.24) is 15.1 Å². The van der Waals surface area contributed by atoms with Gasteiger partial charge in [0.1, 0.15) is 0 Å². The molecule has 33 heavy (non-hydrogen) atoms. The van der Waals surface area contributed by atoms with Gasteiger partial charge in [0, 0.05) is 30.7 Å². The summed E-state index contributed by atoms with van der Waals surface area (Å²) < 4.78 is 0. The lowest BCUT2D eigenvalue weighted by atomic mass is 9.65. The number of likely N-dealkylation sites (tertiary alicyclic amines) is 2. The first-order chi connectivity index (χ1) is 16.0. The molecule has 3 saturated carbocycles. The van der Waals surface area contributed by atoms with Crippen molar-refractivity contribution in [3.8, 4) is 0 Å². The van der Waals surface area contributed by atoms with Crippen molar-refractivity contribution in [2.75, 3.05) is 26.7 Å². The zero-order chi connectivity index (χ0) is 22.7. The third-order valence-corrected chi connectivity index (χ3v) is 12.0. The molecule has 0 aromatic heterocycles. The van der Waals surface area contributed by atoms with Crippen LogP contribution in [0.25, 0.3) is 0 Å². The van der Waals surface area contributed by atoms with Gasteiger partial charge in [-0.05, 0) is 138 Å². The molecule has 188 valence electrons. The Morgan fingerprint density at radius 1 is 0.788 bits per heavy atom. The lowest BCUT2D eigenvalue weighted by molar-refractivity contribution is -0.00636. The summed E-state index contributed by atoms with van der Waals surface area (Å²) in [5.41, 5.74) is 0. The van der Waals surface area contributed by atoms with Crippen molar-refractivity contribution in [2.45, 2.75) is 116 Å². The predicted molar refractivity (Wildman–Crippen MR) is 138 cm³/mol. The van der Waals surface area contributed by atoms with Crippen LogP contribution in [-0.4, -0.2) is 60.6 Å². The van der Waals surface area contributed by atoms with Gasteiger partial charge >= 0.3 is 0 Å². The van der Waals surface area contributed by atoms with Crippen LogP contribution in [-0.2, 0) is 0 Å². The fraction of sp³-hybridized carbons (Fsp3) is 1.00. The molecule has 12 atom stereocenters. The highest BCUT2D eigenvalue weighted by molar-refractivity contribution is 5.04. The number of hydrogen-bond donors (Lipinski definition) is 1. The number of rotatable bonds is 3. The second-order valence-electron chi connectivity index (χ2n) is 14.0. The molecule has 0 spiro atoms. The summed E-state index contributed by atoms with van der Waals surface area (Å²) in [6.07, 6.45) is 16.4. The smallest absolute Gasteiger partial charge is 0.0129 e. The van der Waals surface area contributed by atoms with Crippen LogP contribution in [0.1, 0.15) is 91.4 Å². The molecule has 3 aliphatic heterocycles. The summed E-state index contributed by atoms with van der Waals surface area (Å²) in [5.74, 6) is 7.71. The molecule has 0 aromatic carbocycles. The minimum absolute atomic E-state index is 0.798. The lowest BCUT2D eigenvalue weighted by Crippen LogP contribution is -2.55. The summed E-state index contributed by atoms with van der Waals surface area (Å²) in [6.45, 7) is 11.5. The van der Waals surface area contributed by atoms with E-state index in [0.717, 1.165) is 71.5 Å². The first-order valence-electron chi connectivity index (χ1n) is 15.2. The molecule has 3 heterocycles. The normalized spacial score (nSPS) is 53.1. The lowest BCUT2D eigenvalue weighted by Gasteiger charge is -2.51. The Balaban J connectivity index is 1.16. The number of nitrogens with one attached hydrogen (secondary N) is 1. The fourth-order valence-corrected chi connectivity index (χ4v) is 10.7. The van der Waals surface area contributed by atoms with Crippen LogP contribution in [0.5, 0.6) is 0 Å². The summed E-state index contributed by atoms with van der Waals surface area (Å²) in [5, 5.41) is 4.39. The molecule has 3 heteroatoms. The number of hydrogen-bond acceptors (Lipinski definition) is 3. The van der Waals surface area contributed by atoms with E-state index in [1.165, 1.54) is 83.8 Å². The Labute approximate surface area is 204 Å². The van der Waals surface area contributed by atoms with Crippen molar-refractivity contribution in [3.05, 3.63) is 0 Å². The molecule has 6 aliphatic rings. The van der Waals surface area contributed by atoms with Crippen LogP contribution < -0.4 is 5.32 Å². The average molecular weight is 456 g/mol. The second-order valence-corrected chi connectivity index (χ2v) is 14.0. The van der Waals surface area contributed by atoms with Gasteiger partial charge in [-0.2, -0.15) is 0 Å².